The Morgan fingerprint density at radius 2 is 2.08 bits per heavy atom. The van der Waals surface area contributed by atoms with Crippen LogP contribution in [0.15, 0.2) is 29.1 Å². The van der Waals surface area contributed by atoms with Crippen molar-refractivity contribution in [3.05, 3.63) is 46.0 Å². The van der Waals surface area contributed by atoms with Crippen molar-refractivity contribution < 1.29 is 9.13 Å². The van der Waals surface area contributed by atoms with Crippen molar-refractivity contribution in [1.29, 1.82) is 0 Å². The van der Waals surface area contributed by atoms with E-state index in [0.717, 1.165) is 31.4 Å². The van der Waals surface area contributed by atoms with Gasteiger partial charge in [-0.3, -0.25) is 4.79 Å². The summed E-state index contributed by atoms with van der Waals surface area (Å²) >= 11 is 0. The molecular formula is C20H26FN3O2. The normalized spacial score (nSPS) is 14.0. The fourth-order valence-corrected chi connectivity index (χ4v) is 3.00. The van der Waals surface area contributed by atoms with Gasteiger partial charge >= 0.3 is 0 Å². The Kier molecular flexibility index (Phi) is 5.71. The van der Waals surface area contributed by atoms with Gasteiger partial charge in [-0.05, 0) is 76.5 Å². The maximum absolute atomic E-state index is 14.1. The van der Waals surface area contributed by atoms with Gasteiger partial charge in [-0.2, -0.15) is 5.10 Å². The molecule has 1 heterocycles. The molecule has 6 heteroatoms. The molecule has 2 aromatic rings. The summed E-state index contributed by atoms with van der Waals surface area (Å²) in [6, 6.07) is 6.59. The van der Waals surface area contributed by atoms with Crippen molar-refractivity contribution in [3.63, 3.8) is 0 Å². The second-order valence-electron chi connectivity index (χ2n) is 7.24. The number of ether oxygens (including phenoxy) is 1. The van der Waals surface area contributed by atoms with Crippen LogP contribution in [0.1, 0.15) is 24.8 Å². The molecule has 140 valence electrons. The smallest absolute Gasteiger partial charge is 0.269 e. The van der Waals surface area contributed by atoms with Gasteiger partial charge in [0.1, 0.15) is 0 Å². The molecule has 3 rings (SSSR count). The lowest BCUT2D eigenvalue weighted by Gasteiger charge is -2.13. The molecule has 1 aromatic heterocycles. The van der Waals surface area contributed by atoms with E-state index >= 15 is 0 Å². The lowest BCUT2D eigenvalue weighted by Crippen LogP contribution is -2.28. The third-order valence-electron chi connectivity index (χ3n) is 4.68. The van der Waals surface area contributed by atoms with Crippen molar-refractivity contribution in [2.24, 2.45) is 5.92 Å². The number of nitrogens with zero attached hydrogens (tertiary/aromatic N) is 3. The molecular weight excluding hydrogens is 333 g/mol. The van der Waals surface area contributed by atoms with E-state index in [9.17, 15) is 9.18 Å². The lowest BCUT2D eigenvalue weighted by molar-refractivity contribution is 0.386. The SMILES string of the molecule is COc1ccc(-c2cc(CCCN(C)C)c(=O)n(CC3CC3)n2)cc1F. The van der Waals surface area contributed by atoms with Crippen LogP contribution in [0.5, 0.6) is 5.75 Å². The number of aryl methyl sites for hydroxylation is 1. The Hall–Kier alpha value is -2.21. The fraction of sp³-hybridized carbons (Fsp3) is 0.500. The summed E-state index contributed by atoms with van der Waals surface area (Å²) in [5.74, 6) is 0.310. The number of hydrogen-bond acceptors (Lipinski definition) is 4. The predicted molar refractivity (Wildman–Crippen MR) is 100 cm³/mol. The number of methoxy groups -OCH3 is 1. The summed E-state index contributed by atoms with van der Waals surface area (Å²) in [4.78, 5) is 14.9. The van der Waals surface area contributed by atoms with Crippen LogP contribution in [0.25, 0.3) is 11.3 Å². The second-order valence-corrected chi connectivity index (χ2v) is 7.24. The van der Waals surface area contributed by atoms with Crippen LogP contribution in [-0.4, -0.2) is 42.4 Å². The van der Waals surface area contributed by atoms with E-state index in [4.69, 9.17) is 4.74 Å². The monoisotopic (exact) mass is 359 g/mol. The molecule has 0 amide bonds. The van der Waals surface area contributed by atoms with E-state index in [1.165, 1.54) is 13.2 Å². The first-order valence-electron chi connectivity index (χ1n) is 9.07. The number of aromatic nitrogens is 2. The van der Waals surface area contributed by atoms with Crippen LogP contribution in [0, 0.1) is 11.7 Å². The standard InChI is InChI=1S/C20H26FN3O2/c1-23(2)10-4-5-16-12-18(15-8-9-19(26-3)17(21)11-15)22-24(20(16)25)13-14-6-7-14/h8-9,11-12,14H,4-7,10,13H2,1-3H3. The Labute approximate surface area is 153 Å². The molecule has 0 saturated heterocycles. The Bertz CT molecular complexity index is 828. The third kappa shape index (κ3) is 4.49. The number of rotatable bonds is 8. The predicted octanol–water partition coefficient (Wildman–Crippen LogP) is 2.96. The van der Waals surface area contributed by atoms with Gasteiger partial charge in [0.25, 0.3) is 5.56 Å². The highest BCUT2D eigenvalue weighted by atomic mass is 19.1. The second kappa shape index (κ2) is 7.99. The Balaban J connectivity index is 1.95. The van der Waals surface area contributed by atoms with E-state index in [1.807, 2.05) is 20.2 Å². The van der Waals surface area contributed by atoms with E-state index in [-0.39, 0.29) is 11.3 Å². The molecule has 0 spiro atoms. The molecule has 1 aliphatic carbocycles. The highest BCUT2D eigenvalue weighted by Crippen LogP contribution is 2.30. The fourth-order valence-electron chi connectivity index (χ4n) is 3.00. The van der Waals surface area contributed by atoms with Gasteiger partial charge in [0.05, 0.1) is 12.8 Å². The minimum atomic E-state index is -0.430. The van der Waals surface area contributed by atoms with Gasteiger partial charge in [0, 0.05) is 17.7 Å². The summed E-state index contributed by atoms with van der Waals surface area (Å²) in [6.45, 7) is 1.56. The molecule has 5 nitrogen and oxygen atoms in total. The molecule has 0 radical (unpaired) electrons. The zero-order valence-electron chi connectivity index (χ0n) is 15.7. The number of halogens is 1. The highest BCUT2D eigenvalue weighted by Gasteiger charge is 2.23. The zero-order chi connectivity index (χ0) is 18.7. The summed E-state index contributed by atoms with van der Waals surface area (Å²) in [7, 11) is 5.47. The lowest BCUT2D eigenvalue weighted by atomic mass is 10.1. The van der Waals surface area contributed by atoms with Gasteiger partial charge in [0.2, 0.25) is 0 Å². The quantitative estimate of drug-likeness (QED) is 0.727. The van der Waals surface area contributed by atoms with Crippen molar-refractivity contribution in [1.82, 2.24) is 14.7 Å². The number of benzene rings is 1. The van der Waals surface area contributed by atoms with Crippen LogP contribution in [0.3, 0.4) is 0 Å². The molecule has 0 bridgehead atoms. The van der Waals surface area contributed by atoms with Crippen molar-refractivity contribution >= 4 is 0 Å². The molecule has 1 aromatic carbocycles. The minimum Gasteiger partial charge on any atom is -0.494 e. The molecule has 0 atom stereocenters. The molecule has 0 N–H and O–H groups in total. The summed E-state index contributed by atoms with van der Waals surface area (Å²) in [6.07, 6.45) is 3.87. The maximum atomic E-state index is 14.1. The zero-order valence-corrected chi connectivity index (χ0v) is 15.7. The van der Waals surface area contributed by atoms with E-state index < -0.39 is 5.82 Å². The number of hydrogen-bond donors (Lipinski definition) is 0. The topological polar surface area (TPSA) is 47.4 Å². The van der Waals surface area contributed by atoms with Crippen LogP contribution >= 0.6 is 0 Å². The van der Waals surface area contributed by atoms with Crippen LogP contribution in [0.2, 0.25) is 0 Å². The average Bonchev–Trinajstić information content (AvgIpc) is 3.41. The van der Waals surface area contributed by atoms with Crippen molar-refractivity contribution in [2.45, 2.75) is 32.2 Å². The Morgan fingerprint density at radius 1 is 1.31 bits per heavy atom. The van der Waals surface area contributed by atoms with E-state index in [2.05, 4.69) is 10.00 Å². The molecule has 0 aliphatic heterocycles. The average molecular weight is 359 g/mol. The highest BCUT2D eigenvalue weighted by molar-refractivity contribution is 5.60. The van der Waals surface area contributed by atoms with Crippen molar-refractivity contribution in [3.8, 4) is 17.0 Å². The van der Waals surface area contributed by atoms with Gasteiger partial charge in [-0.25, -0.2) is 9.07 Å². The molecule has 0 unspecified atom stereocenters. The maximum Gasteiger partial charge on any atom is 0.269 e. The first kappa shape index (κ1) is 18.6. The molecule has 26 heavy (non-hydrogen) atoms. The summed E-state index contributed by atoms with van der Waals surface area (Å²) < 4.78 is 20.7. The van der Waals surface area contributed by atoms with E-state index in [1.54, 1.807) is 16.8 Å². The minimum absolute atomic E-state index is 0.0200. The van der Waals surface area contributed by atoms with Crippen LogP contribution in [0.4, 0.5) is 4.39 Å². The first-order chi connectivity index (χ1) is 12.5. The largest absolute Gasteiger partial charge is 0.494 e. The van der Waals surface area contributed by atoms with Crippen LogP contribution < -0.4 is 10.3 Å². The first-order valence-corrected chi connectivity index (χ1v) is 9.07. The summed E-state index contributed by atoms with van der Waals surface area (Å²) in [5.41, 5.74) is 2.01. The molecule has 1 fully saturated rings. The van der Waals surface area contributed by atoms with Gasteiger partial charge < -0.3 is 9.64 Å². The Morgan fingerprint density at radius 3 is 2.69 bits per heavy atom. The van der Waals surface area contributed by atoms with Gasteiger partial charge in [0.15, 0.2) is 11.6 Å². The van der Waals surface area contributed by atoms with E-state index in [0.29, 0.717) is 30.1 Å². The van der Waals surface area contributed by atoms with Crippen LogP contribution in [-0.2, 0) is 13.0 Å². The van der Waals surface area contributed by atoms with Gasteiger partial charge in [-0.15, -0.1) is 0 Å². The molecule has 1 aliphatic rings. The van der Waals surface area contributed by atoms with Gasteiger partial charge in [-0.1, -0.05) is 0 Å². The summed E-state index contributed by atoms with van der Waals surface area (Å²) in [5, 5.41) is 4.51. The molecule has 1 saturated carbocycles. The third-order valence-corrected chi connectivity index (χ3v) is 4.68. The van der Waals surface area contributed by atoms with Crippen molar-refractivity contribution in [2.75, 3.05) is 27.7 Å².